The molecule has 0 N–H and O–H groups in total. The quantitative estimate of drug-likeness (QED) is 0.348. The number of aromatic nitrogens is 1. The summed E-state index contributed by atoms with van der Waals surface area (Å²) in [6.45, 7) is 4.40. The Balaban J connectivity index is 1.97. The van der Waals surface area contributed by atoms with Gasteiger partial charge in [-0.15, -0.1) is 11.6 Å². The molecule has 0 atom stereocenters. The van der Waals surface area contributed by atoms with Crippen LogP contribution in [0.25, 0.3) is 12.2 Å². The summed E-state index contributed by atoms with van der Waals surface area (Å²) in [5, 5.41) is 0. The molecule has 0 saturated carbocycles. The number of hydrogen-bond acceptors (Lipinski definition) is 2. The molecule has 0 bridgehead atoms. The molecule has 25 heavy (non-hydrogen) atoms. The predicted octanol–water partition coefficient (Wildman–Crippen LogP) is 6.27. The van der Waals surface area contributed by atoms with E-state index in [0.717, 1.165) is 25.4 Å². The lowest BCUT2D eigenvalue weighted by Crippen LogP contribution is -2.25. The van der Waals surface area contributed by atoms with E-state index in [2.05, 4.69) is 53.2 Å². The van der Waals surface area contributed by atoms with Gasteiger partial charge in [-0.2, -0.15) is 0 Å². The topological polar surface area (TPSA) is 16.1 Å². The number of anilines is 1. The Kier molecular flexibility index (Phi) is 9.14. The molecule has 0 unspecified atom stereocenters. The SMILES string of the molecule is CCCCCCN(CCCCl)c1ccc(C=Cc2ccncc2)cc1. The highest BCUT2D eigenvalue weighted by Crippen LogP contribution is 2.18. The molecule has 2 nitrogen and oxygen atoms in total. The van der Waals surface area contributed by atoms with E-state index in [-0.39, 0.29) is 0 Å². The highest BCUT2D eigenvalue weighted by Gasteiger charge is 2.05. The van der Waals surface area contributed by atoms with E-state index in [1.807, 2.05) is 24.5 Å². The monoisotopic (exact) mass is 356 g/mol. The molecule has 134 valence electrons. The lowest BCUT2D eigenvalue weighted by molar-refractivity contribution is 0.640. The molecule has 2 rings (SSSR count). The highest BCUT2D eigenvalue weighted by atomic mass is 35.5. The van der Waals surface area contributed by atoms with Crippen LogP contribution in [0, 0.1) is 0 Å². The Morgan fingerprint density at radius 3 is 2.12 bits per heavy atom. The van der Waals surface area contributed by atoms with Crippen molar-refractivity contribution in [2.75, 3.05) is 23.9 Å². The van der Waals surface area contributed by atoms with E-state index in [1.165, 1.54) is 42.5 Å². The zero-order valence-corrected chi connectivity index (χ0v) is 16.0. The van der Waals surface area contributed by atoms with Crippen molar-refractivity contribution in [3.05, 3.63) is 59.9 Å². The first-order chi connectivity index (χ1) is 12.3. The van der Waals surface area contributed by atoms with Crippen LogP contribution in [0.1, 0.15) is 50.2 Å². The van der Waals surface area contributed by atoms with Gasteiger partial charge in [0, 0.05) is 37.1 Å². The molecule has 3 heteroatoms. The van der Waals surface area contributed by atoms with Gasteiger partial charge in [-0.3, -0.25) is 4.98 Å². The summed E-state index contributed by atoms with van der Waals surface area (Å²) in [6, 6.07) is 12.8. The van der Waals surface area contributed by atoms with E-state index in [4.69, 9.17) is 11.6 Å². The molecule has 0 aliphatic carbocycles. The van der Waals surface area contributed by atoms with E-state index in [1.54, 1.807) is 0 Å². The van der Waals surface area contributed by atoms with E-state index in [9.17, 15) is 0 Å². The largest absolute Gasteiger partial charge is 0.371 e. The van der Waals surface area contributed by atoms with Gasteiger partial charge in [0.2, 0.25) is 0 Å². The molecule has 1 heterocycles. The fourth-order valence-electron chi connectivity index (χ4n) is 2.81. The average molecular weight is 357 g/mol. The molecule has 0 aliphatic heterocycles. The third-order valence-electron chi connectivity index (χ3n) is 4.28. The minimum absolute atomic E-state index is 0.720. The Morgan fingerprint density at radius 2 is 1.48 bits per heavy atom. The van der Waals surface area contributed by atoms with Crippen molar-refractivity contribution in [3.63, 3.8) is 0 Å². The molecule has 0 aliphatic rings. The van der Waals surface area contributed by atoms with E-state index in [0.29, 0.717) is 0 Å². The van der Waals surface area contributed by atoms with Crippen molar-refractivity contribution in [1.29, 1.82) is 0 Å². The van der Waals surface area contributed by atoms with Crippen molar-refractivity contribution in [2.24, 2.45) is 0 Å². The minimum Gasteiger partial charge on any atom is -0.371 e. The van der Waals surface area contributed by atoms with Gasteiger partial charge in [0.05, 0.1) is 0 Å². The smallest absolute Gasteiger partial charge is 0.0366 e. The summed E-state index contributed by atoms with van der Waals surface area (Å²) in [7, 11) is 0. The van der Waals surface area contributed by atoms with Crippen LogP contribution in [-0.4, -0.2) is 24.0 Å². The fraction of sp³-hybridized carbons (Fsp3) is 0.409. The molecular weight excluding hydrogens is 328 g/mol. The van der Waals surface area contributed by atoms with Crippen LogP contribution < -0.4 is 4.90 Å². The number of rotatable bonds is 11. The van der Waals surface area contributed by atoms with Gasteiger partial charge in [0.15, 0.2) is 0 Å². The van der Waals surface area contributed by atoms with Gasteiger partial charge in [-0.1, -0.05) is 50.5 Å². The zero-order chi connectivity index (χ0) is 17.7. The molecule has 2 aromatic rings. The highest BCUT2D eigenvalue weighted by molar-refractivity contribution is 6.17. The summed E-state index contributed by atoms with van der Waals surface area (Å²) in [6.07, 6.45) is 14.1. The molecule has 1 aromatic heterocycles. The Morgan fingerprint density at radius 1 is 0.840 bits per heavy atom. The number of halogens is 1. The second kappa shape index (κ2) is 11.7. The molecule has 1 aromatic carbocycles. The summed E-state index contributed by atoms with van der Waals surface area (Å²) in [4.78, 5) is 6.51. The van der Waals surface area contributed by atoms with Crippen molar-refractivity contribution in [2.45, 2.75) is 39.0 Å². The van der Waals surface area contributed by atoms with Crippen LogP contribution in [0.15, 0.2) is 48.8 Å². The van der Waals surface area contributed by atoms with Crippen LogP contribution in [0.3, 0.4) is 0 Å². The second-order valence-corrected chi connectivity index (χ2v) is 6.67. The molecule has 0 radical (unpaired) electrons. The number of hydrogen-bond donors (Lipinski definition) is 0. The van der Waals surface area contributed by atoms with Crippen LogP contribution in [0.5, 0.6) is 0 Å². The summed E-state index contributed by atoms with van der Waals surface area (Å²) < 4.78 is 0. The molecule has 0 spiro atoms. The number of unbranched alkanes of at least 4 members (excludes halogenated alkanes) is 3. The van der Waals surface area contributed by atoms with Crippen molar-refractivity contribution >= 4 is 29.4 Å². The van der Waals surface area contributed by atoms with Crippen molar-refractivity contribution < 1.29 is 0 Å². The minimum atomic E-state index is 0.720. The summed E-state index contributed by atoms with van der Waals surface area (Å²) in [5.74, 6) is 0.720. The second-order valence-electron chi connectivity index (χ2n) is 6.30. The first-order valence-electron chi connectivity index (χ1n) is 9.32. The third kappa shape index (κ3) is 7.31. The Labute approximate surface area is 157 Å². The number of benzene rings is 1. The maximum Gasteiger partial charge on any atom is 0.0366 e. The molecular formula is C22H29ClN2. The van der Waals surface area contributed by atoms with Gasteiger partial charge >= 0.3 is 0 Å². The average Bonchev–Trinajstić information content (AvgIpc) is 2.67. The van der Waals surface area contributed by atoms with Gasteiger partial charge in [0.1, 0.15) is 0 Å². The molecule has 0 amide bonds. The third-order valence-corrected chi connectivity index (χ3v) is 4.54. The lowest BCUT2D eigenvalue weighted by Gasteiger charge is -2.25. The number of nitrogens with zero attached hydrogens (tertiary/aromatic N) is 2. The van der Waals surface area contributed by atoms with Crippen LogP contribution in [0.2, 0.25) is 0 Å². The Hall–Kier alpha value is -1.80. The normalized spacial score (nSPS) is 11.1. The van der Waals surface area contributed by atoms with Crippen molar-refractivity contribution in [3.8, 4) is 0 Å². The Bertz CT molecular complexity index is 608. The summed E-state index contributed by atoms with van der Waals surface area (Å²) in [5.41, 5.74) is 3.67. The van der Waals surface area contributed by atoms with Gasteiger partial charge in [-0.05, 0) is 48.2 Å². The van der Waals surface area contributed by atoms with E-state index >= 15 is 0 Å². The molecule has 0 saturated heterocycles. The predicted molar refractivity (Wildman–Crippen MR) is 111 cm³/mol. The van der Waals surface area contributed by atoms with Crippen LogP contribution in [0.4, 0.5) is 5.69 Å². The van der Waals surface area contributed by atoms with Gasteiger partial charge in [0.25, 0.3) is 0 Å². The maximum absolute atomic E-state index is 5.90. The van der Waals surface area contributed by atoms with Gasteiger partial charge < -0.3 is 4.90 Å². The van der Waals surface area contributed by atoms with E-state index < -0.39 is 0 Å². The number of pyridine rings is 1. The first-order valence-corrected chi connectivity index (χ1v) is 9.86. The fourth-order valence-corrected chi connectivity index (χ4v) is 2.93. The number of alkyl halides is 1. The first kappa shape index (κ1) is 19.5. The molecule has 0 fully saturated rings. The van der Waals surface area contributed by atoms with Crippen LogP contribution >= 0.6 is 11.6 Å². The zero-order valence-electron chi connectivity index (χ0n) is 15.2. The van der Waals surface area contributed by atoms with Gasteiger partial charge in [-0.25, -0.2) is 0 Å². The summed E-state index contributed by atoms with van der Waals surface area (Å²) >= 11 is 5.90. The standard InChI is InChI=1S/C22H29ClN2/c1-2-3-4-5-18-25(19-6-15-23)22-11-9-20(10-12-22)7-8-21-13-16-24-17-14-21/h7-14,16-17H,2-6,15,18-19H2,1H3. The lowest BCUT2D eigenvalue weighted by atomic mass is 10.1. The van der Waals surface area contributed by atoms with Crippen LogP contribution in [-0.2, 0) is 0 Å². The maximum atomic E-state index is 5.90. The van der Waals surface area contributed by atoms with Crippen molar-refractivity contribution in [1.82, 2.24) is 4.98 Å².